The van der Waals surface area contributed by atoms with Gasteiger partial charge in [-0.1, -0.05) is 38.2 Å². The summed E-state index contributed by atoms with van der Waals surface area (Å²) in [6.45, 7) is 10.7. The molecule has 1 aromatic rings. The van der Waals surface area contributed by atoms with Crippen molar-refractivity contribution in [2.75, 3.05) is 32.5 Å². The molecule has 9 heteroatoms. The van der Waals surface area contributed by atoms with E-state index >= 15 is 0 Å². The molecule has 34 heavy (non-hydrogen) atoms. The highest BCUT2D eigenvalue weighted by Gasteiger charge is 2.36. The summed E-state index contributed by atoms with van der Waals surface area (Å²) in [7, 11) is 3.44. The van der Waals surface area contributed by atoms with Crippen molar-refractivity contribution in [2.24, 2.45) is 21.8 Å². The Morgan fingerprint density at radius 3 is 2.82 bits per heavy atom. The lowest BCUT2D eigenvalue weighted by Gasteiger charge is -2.29. The van der Waals surface area contributed by atoms with Gasteiger partial charge in [0.25, 0.3) is 0 Å². The van der Waals surface area contributed by atoms with Crippen molar-refractivity contribution in [1.82, 2.24) is 15.2 Å². The van der Waals surface area contributed by atoms with Crippen LogP contribution in [0.15, 0.2) is 27.4 Å². The molecule has 2 unspecified atom stereocenters. The van der Waals surface area contributed by atoms with Gasteiger partial charge in [-0.05, 0) is 38.1 Å². The number of aromatic nitrogens is 1. The fourth-order valence-electron chi connectivity index (χ4n) is 4.66. The van der Waals surface area contributed by atoms with Crippen LogP contribution in [0.25, 0.3) is 5.57 Å². The van der Waals surface area contributed by atoms with Crippen molar-refractivity contribution < 1.29 is 9.53 Å². The summed E-state index contributed by atoms with van der Waals surface area (Å²) >= 11 is 1.54. The maximum atomic E-state index is 12.2. The van der Waals surface area contributed by atoms with Crippen LogP contribution in [0.2, 0.25) is 0 Å². The molecule has 0 fully saturated rings. The number of hydrogen-bond donors (Lipinski definition) is 2. The van der Waals surface area contributed by atoms with Gasteiger partial charge in [0, 0.05) is 44.4 Å². The van der Waals surface area contributed by atoms with E-state index in [1.54, 1.807) is 14.1 Å². The number of rotatable bonds is 6. The zero-order valence-electron chi connectivity index (χ0n) is 21.1. The second-order valence-corrected chi connectivity index (χ2v) is 10.9. The van der Waals surface area contributed by atoms with Crippen LogP contribution in [-0.2, 0) is 11.3 Å². The predicted molar refractivity (Wildman–Crippen MR) is 140 cm³/mol. The second-order valence-electron chi connectivity index (χ2n) is 9.92. The lowest BCUT2D eigenvalue weighted by atomic mass is 9.84. The van der Waals surface area contributed by atoms with E-state index < -0.39 is 0 Å². The van der Waals surface area contributed by atoms with Crippen LogP contribution < -0.4 is 10.6 Å². The fourth-order valence-corrected chi connectivity index (χ4v) is 5.74. The van der Waals surface area contributed by atoms with Crippen molar-refractivity contribution in [3.05, 3.63) is 28.0 Å². The van der Waals surface area contributed by atoms with E-state index in [0.717, 1.165) is 60.0 Å². The van der Waals surface area contributed by atoms with Gasteiger partial charge in [-0.15, -0.1) is 0 Å². The van der Waals surface area contributed by atoms with E-state index in [4.69, 9.17) is 19.7 Å². The molecule has 0 radical (unpaired) electrons. The second kappa shape index (κ2) is 10.00. The quantitative estimate of drug-likeness (QED) is 0.612. The zero-order chi connectivity index (χ0) is 24.5. The summed E-state index contributed by atoms with van der Waals surface area (Å²) in [5.41, 5.74) is 3.70. The molecule has 0 aromatic carbocycles. The van der Waals surface area contributed by atoms with E-state index in [-0.39, 0.29) is 11.7 Å². The number of carbonyl (C=O) groups is 1. The number of hydrogen-bond acceptors (Lipinski definition) is 7. The predicted octanol–water partition coefficient (Wildman–Crippen LogP) is 4.71. The molecule has 2 amide bonds. The maximum Gasteiger partial charge on any atom is 0.323 e. The molecular weight excluding hydrogens is 448 g/mol. The molecule has 4 heterocycles. The third kappa shape index (κ3) is 5.10. The summed E-state index contributed by atoms with van der Waals surface area (Å²) in [5, 5.41) is 6.96. The standard InChI is InChI=1S/C25H36N6O2S/c1-7-27-25(4)10-8-17(13-28-25)20-21-19(16(9-11-26-20)12-15(2)3)22-18(14-33-21)29-23(34-22)30-24(32)31(5)6/h8,13,15-16,27H,7,9-12,14H2,1-6H3,(H,29,30,32). The Balaban J connectivity index is 1.73. The minimum Gasteiger partial charge on any atom is -0.485 e. The number of anilines is 1. The van der Waals surface area contributed by atoms with Gasteiger partial charge in [0.05, 0.1) is 10.6 Å². The summed E-state index contributed by atoms with van der Waals surface area (Å²) in [6.07, 6.45) is 6.96. The summed E-state index contributed by atoms with van der Waals surface area (Å²) in [6, 6.07) is -0.185. The van der Waals surface area contributed by atoms with Crippen molar-refractivity contribution in [3.63, 3.8) is 0 Å². The van der Waals surface area contributed by atoms with Gasteiger partial charge in [0.2, 0.25) is 0 Å². The molecule has 0 aliphatic carbocycles. The first-order valence-electron chi connectivity index (χ1n) is 12.1. The van der Waals surface area contributed by atoms with Gasteiger partial charge in [-0.25, -0.2) is 9.78 Å². The topological polar surface area (TPSA) is 91.2 Å². The Morgan fingerprint density at radius 1 is 1.38 bits per heavy atom. The maximum absolute atomic E-state index is 12.2. The number of fused-ring (bicyclic) bond motifs is 2. The zero-order valence-corrected chi connectivity index (χ0v) is 21.9. The Kier molecular flexibility index (Phi) is 7.23. The average Bonchev–Trinajstić information content (AvgIpc) is 3.09. The average molecular weight is 485 g/mol. The molecule has 3 aliphatic heterocycles. The number of nitrogens with zero attached hydrogens (tertiary/aromatic N) is 4. The van der Waals surface area contributed by atoms with Crippen LogP contribution in [0.1, 0.15) is 57.5 Å². The first kappa shape index (κ1) is 24.6. The number of dihydropyridines is 1. The highest BCUT2D eigenvalue weighted by atomic mass is 32.1. The molecule has 2 atom stereocenters. The normalized spacial score (nSPS) is 24.0. The molecule has 0 spiro atoms. The van der Waals surface area contributed by atoms with Crippen molar-refractivity contribution in [2.45, 2.75) is 59.2 Å². The van der Waals surface area contributed by atoms with Crippen molar-refractivity contribution in [3.8, 4) is 0 Å². The van der Waals surface area contributed by atoms with Crippen LogP contribution in [0, 0.1) is 11.8 Å². The number of aliphatic imine (C=N–C) groups is 2. The molecule has 3 aliphatic rings. The molecule has 184 valence electrons. The summed E-state index contributed by atoms with van der Waals surface area (Å²) in [5.74, 6) is 1.72. The van der Waals surface area contributed by atoms with E-state index in [2.05, 4.69) is 44.4 Å². The van der Waals surface area contributed by atoms with Crippen molar-refractivity contribution in [1.29, 1.82) is 0 Å². The van der Waals surface area contributed by atoms with Gasteiger partial charge in [-0.3, -0.25) is 20.6 Å². The van der Waals surface area contributed by atoms with E-state index in [1.807, 2.05) is 6.21 Å². The molecule has 4 rings (SSSR count). The van der Waals surface area contributed by atoms with Crippen LogP contribution in [0.5, 0.6) is 0 Å². The largest absolute Gasteiger partial charge is 0.485 e. The molecule has 8 nitrogen and oxygen atoms in total. The van der Waals surface area contributed by atoms with Gasteiger partial charge in [0.15, 0.2) is 10.9 Å². The monoisotopic (exact) mass is 484 g/mol. The van der Waals surface area contributed by atoms with Gasteiger partial charge < -0.3 is 9.64 Å². The highest BCUT2D eigenvalue weighted by molar-refractivity contribution is 7.17. The minimum atomic E-state index is -0.279. The third-order valence-corrected chi connectivity index (χ3v) is 7.37. The molecular formula is C25H36N6O2S. The molecule has 0 saturated heterocycles. The van der Waals surface area contributed by atoms with E-state index in [1.165, 1.54) is 21.8 Å². The Morgan fingerprint density at radius 2 is 2.18 bits per heavy atom. The van der Waals surface area contributed by atoms with E-state index in [9.17, 15) is 4.79 Å². The summed E-state index contributed by atoms with van der Waals surface area (Å²) < 4.78 is 6.38. The van der Waals surface area contributed by atoms with Gasteiger partial charge in [-0.2, -0.15) is 0 Å². The van der Waals surface area contributed by atoms with Crippen LogP contribution in [0.3, 0.4) is 0 Å². The Labute approximate surface area is 206 Å². The number of nitrogens with one attached hydrogen (secondary N) is 2. The number of amides is 2. The lowest BCUT2D eigenvalue weighted by molar-refractivity contribution is 0.208. The number of urea groups is 1. The van der Waals surface area contributed by atoms with Gasteiger partial charge in [0.1, 0.15) is 18.0 Å². The first-order valence-corrected chi connectivity index (χ1v) is 12.9. The first-order chi connectivity index (χ1) is 16.2. The third-order valence-electron chi connectivity index (χ3n) is 6.33. The molecule has 0 saturated carbocycles. The number of carbonyl (C=O) groups excluding carboxylic acids is 1. The minimum absolute atomic E-state index is 0.185. The highest BCUT2D eigenvalue weighted by Crippen LogP contribution is 2.45. The van der Waals surface area contributed by atoms with Crippen LogP contribution in [0.4, 0.5) is 9.93 Å². The lowest BCUT2D eigenvalue weighted by Crippen LogP contribution is -2.41. The van der Waals surface area contributed by atoms with Gasteiger partial charge >= 0.3 is 6.03 Å². The number of allylic oxidation sites excluding steroid dienone is 2. The number of ether oxygens (including phenoxy) is 1. The number of thiazole rings is 1. The smallest absolute Gasteiger partial charge is 0.323 e. The molecule has 1 aromatic heterocycles. The molecule has 2 N–H and O–H groups in total. The molecule has 0 bridgehead atoms. The van der Waals surface area contributed by atoms with Crippen molar-refractivity contribution >= 4 is 40.0 Å². The van der Waals surface area contributed by atoms with E-state index in [0.29, 0.717) is 23.6 Å². The summed E-state index contributed by atoms with van der Waals surface area (Å²) in [4.78, 5) is 29.4. The SMILES string of the molecule is CCNC1(C)CC=C(C2=NCCC(CC(C)C)C3=C2OCc2nc(NC(=O)N(C)C)sc23)C=N1. The Hall–Kier alpha value is -2.52. The fraction of sp³-hybridized carbons (Fsp3) is 0.600. The van der Waals surface area contributed by atoms with Crippen LogP contribution >= 0.6 is 11.3 Å². The Bertz CT molecular complexity index is 1070. The van der Waals surface area contributed by atoms with Crippen LogP contribution in [-0.4, -0.2) is 60.7 Å².